The Morgan fingerprint density at radius 1 is 1.11 bits per heavy atom. The van der Waals surface area contributed by atoms with Gasteiger partial charge in [-0.3, -0.25) is 4.79 Å². The van der Waals surface area contributed by atoms with Crippen molar-refractivity contribution in [1.82, 2.24) is 9.88 Å². The van der Waals surface area contributed by atoms with Crippen LogP contribution in [0.5, 0.6) is 11.5 Å². The number of likely N-dealkylation sites (tertiary alicyclic amines) is 1. The number of halogens is 3. The Morgan fingerprint density at radius 2 is 1.91 bits per heavy atom. The smallest absolute Gasteiger partial charge is 0.420 e. The quantitative estimate of drug-likeness (QED) is 0.697. The van der Waals surface area contributed by atoms with E-state index < -0.39 is 17.6 Å². The highest BCUT2D eigenvalue weighted by atomic mass is 19.4. The third-order valence-electron chi connectivity index (χ3n) is 6.64. The van der Waals surface area contributed by atoms with Gasteiger partial charge in [0.2, 0.25) is 5.91 Å². The van der Waals surface area contributed by atoms with E-state index in [1.807, 2.05) is 4.90 Å². The number of amides is 1. The molecule has 35 heavy (non-hydrogen) atoms. The highest BCUT2D eigenvalue weighted by molar-refractivity contribution is 5.79. The molecule has 0 bridgehead atoms. The number of aromatic nitrogens is 1. The van der Waals surface area contributed by atoms with Crippen molar-refractivity contribution in [3.8, 4) is 11.5 Å². The van der Waals surface area contributed by atoms with Crippen LogP contribution in [-0.2, 0) is 15.7 Å². The molecule has 1 amide bonds. The summed E-state index contributed by atoms with van der Waals surface area (Å²) in [6, 6.07) is 6.27. The molecule has 0 saturated carbocycles. The van der Waals surface area contributed by atoms with Gasteiger partial charge in [-0.15, -0.1) is 0 Å². The van der Waals surface area contributed by atoms with Gasteiger partial charge in [0.1, 0.15) is 30.0 Å². The molecular formula is C24H27F3N4O4. The third kappa shape index (κ3) is 4.95. The monoisotopic (exact) mass is 492 g/mol. The van der Waals surface area contributed by atoms with Crippen LogP contribution < -0.4 is 20.1 Å². The molecule has 0 spiro atoms. The topological polar surface area (TPSA) is 90.2 Å². The predicted octanol–water partition coefficient (Wildman–Crippen LogP) is 3.62. The first kappa shape index (κ1) is 23.5. The SMILES string of the molecule is Nc1ncc(N2CCOc3ccc(O[C@H]4CCN(C(=O)C5CCOCC5)C4)cc32)cc1C(F)(F)F. The van der Waals surface area contributed by atoms with Gasteiger partial charge in [0.15, 0.2) is 0 Å². The number of ether oxygens (including phenoxy) is 3. The molecular weight excluding hydrogens is 465 g/mol. The second-order valence-electron chi connectivity index (χ2n) is 8.95. The Kier molecular flexibility index (Phi) is 6.35. The number of benzene rings is 1. The summed E-state index contributed by atoms with van der Waals surface area (Å²) in [7, 11) is 0. The second-order valence-corrected chi connectivity index (χ2v) is 8.95. The number of anilines is 3. The van der Waals surface area contributed by atoms with Crippen LogP contribution in [0.1, 0.15) is 24.8 Å². The first-order valence-corrected chi connectivity index (χ1v) is 11.7. The minimum Gasteiger partial charge on any atom is -0.490 e. The molecule has 11 heteroatoms. The summed E-state index contributed by atoms with van der Waals surface area (Å²) in [4.78, 5) is 20.1. The fourth-order valence-corrected chi connectivity index (χ4v) is 4.80. The molecule has 1 aromatic heterocycles. The number of nitrogen functional groups attached to an aromatic ring is 1. The standard InChI is InChI=1S/C24H27F3N4O4/c25-24(26,27)19-11-16(13-29-22(19)28)31-7-10-34-21-2-1-17(12-20(21)31)35-18-3-6-30(14-18)23(32)15-4-8-33-9-5-15/h1-2,11-13,15,18H,3-10,14H2,(H2,28,29)/t18-/m0/s1. The van der Waals surface area contributed by atoms with E-state index in [1.165, 1.54) is 6.20 Å². The van der Waals surface area contributed by atoms with E-state index in [4.69, 9.17) is 19.9 Å². The summed E-state index contributed by atoms with van der Waals surface area (Å²) < 4.78 is 57.4. The average molecular weight is 492 g/mol. The highest BCUT2D eigenvalue weighted by Gasteiger charge is 2.35. The Morgan fingerprint density at radius 3 is 2.69 bits per heavy atom. The Bertz CT molecular complexity index is 1090. The molecule has 8 nitrogen and oxygen atoms in total. The lowest BCUT2D eigenvalue weighted by Crippen LogP contribution is -2.38. The summed E-state index contributed by atoms with van der Waals surface area (Å²) in [6.07, 6.45) is -1.24. The average Bonchev–Trinajstić information content (AvgIpc) is 3.32. The predicted molar refractivity (Wildman–Crippen MR) is 122 cm³/mol. The number of carbonyl (C=O) groups is 1. The largest absolute Gasteiger partial charge is 0.490 e. The fourth-order valence-electron chi connectivity index (χ4n) is 4.80. The van der Waals surface area contributed by atoms with Crippen LogP contribution in [0, 0.1) is 5.92 Å². The first-order valence-electron chi connectivity index (χ1n) is 11.7. The number of pyridine rings is 1. The Balaban J connectivity index is 1.31. The zero-order valence-corrected chi connectivity index (χ0v) is 19.1. The third-order valence-corrected chi connectivity index (χ3v) is 6.64. The minimum atomic E-state index is -4.61. The molecule has 0 unspecified atom stereocenters. The summed E-state index contributed by atoms with van der Waals surface area (Å²) >= 11 is 0. The summed E-state index contributed by atoms with van der Waals surface area (Å²) in [5.74, 6) is 0.696. The summed E-state index contributed by atoms with van der Waals surface area (Å²) in [5, 5.41) is 0. The van der Waals surface area contributed by atoms with Crippen molar-refractivity contribution < 1.29 is 32.2 Å². The van der Waals surface area contributed by atoms with Crippen molar-refractivity contribution in [3.05, 3.63) is 36.0 Å². The van der Waals surface area contributed by atoms with E-state index in [0.29, 0.717) is 63.1 Å². The van der Waals surface area contributed by atoms with Crippen molar-refractivity contribution in [2.75, 3.05) is 50.1 Å². The number of alkyl halides is 3. The number of nitrogens with zero attached hydrogens (tertiary/aromatic N) is 3. The van der Waals surface area contributed by atoms with Crippen molar-refractivity contribution in [3.63, 3.8) is 0 Å². The zero-order valence-electron chi connectivity index (χ0n) is 19.1. The van der Waals surface area contributed by atoms with Crippen LogP contribution in [-0.4, -0.2) is 61.3 Å². The van der Waals surface area contributed by atoms with E-state index in [-0.39, 0.29) is 23.6 Å². The normalized spacial score (nSPS) is 20.9. The maximum Gasteiger partial charge on any atom is 0.420 e. The molecule has 3 aliphatic heterocycles. The molecule has 0 aliphatic carbocycles. The molecule has 1 aromatic carbocycles. The van der Waals surface area contributed by atoms with Crippen LogP contribution in [0.3, 0.4) is 0 Å². The van der Waals surface area contributed by atoms with E-state index in [9.17, 15) is 18.0 Å². The number of hydrogen-bond acceptors (Lipinski definition) is 7. The first-order chi connectivity index (χ1) is 16.8. The van der Waals surface area contributed by atoms with E-state index in [0.717, 1.165) is 18.9 Å². The molecule has 2 N–H and O–H groups in total. The van der Waals surface area contributed by atoms with Gasteiger partial charge in [-0.1, -0.05) is 0 Å². The molecule has 5 rings (SSSR count). The number of fused-ring (bicyclic) bond motifs is 1. The van der Waals surface area contributed by atoms with E-state index >= 15 is 0 Å². The van der Waals surface area contributed by atoms with Gasteiger partial charge in [-0.05, 0) is 31.0 Å². The van der Waals surface area contributed by atoms with Crippen molar-refractivity contribution in [2.24, 2.45) is 5.92 Å². The van der Waals surface area contributed by atoms with Gasteiger partial charge in [-0.2, -0.15) is 13.2 Å². The van der Waals surface area contributed by atoms with Crippen molar-refractivity contribution in [2.45, 2.75) is 31.5 Å². The van der Waals surface area contributed by atoms with Crippen molar-refractivity contribution >= 4 is 23.1 Å². The number of hydrogen-bond donors (Lipinski definition) is 1. The van der Waals surface area contributed by atoms with Gasteiger partial charge >= 0.3 is 6.18 Å². The van der Waals surface area contributed by atoms with E-state index in [1.54, 1.807) is 23.1 Å². The lowest BCUT2D eigenvalue weighted by molar-refractivity contribution is -0.138. The van der Waals surface area contributed by atoms with Crippen LogP contribution in [0.4, 0.5) is 30.4 Å². The summed E-state index contributed by atoms with van der Waals surface area (Å²) in [6.45, 7) is 3.03. The van der Waals surface area contributed by atoms with Crippen LogP contribution in [0.2, 0.25) is 0 Å². The molecule has 1 atom stereocenters. The molecule has 2 fully saturated rings. The molecule has 3 aliphatic rings. The number of nitrogens with two attached hydrogens (primary N) is 1. The van der Waals surface area contributed by atoms with Crippen LogP contribution >= 0.6 is 0 Å². The number of rotatable bonds is 4. The molecule has 188 valence electrons. The maximum absolute atomic E-state index is 13.4. The molecule has 0 radical (unpaired) electrons. The van der Waals surface area contributed by atoms with Gasteiger partial charge in [0, 0.05) is 38.2 Å². The maximum atomic E-state index is 13.4. The Hall–Kier alpha value is -3.21. The van der Waals surface area contributed by atoms with Gasteiger partial charge in [0.05, 0.1) is 36.2 Å². The highest BCUT2D eigenvalue weighted by Crippen LogP contribution is 2.42. The van der Waals surface area contributed by atoms with Gasteiger partial charge in [0.25, 0.3) is 0 Å². The van der Waals surface area contributed by atoms with Crippen LogP contribution in [0.15, 0.2) is 30.5 Å². The Labute approximate surface area is 200 Å². The minimum absolute atomic E-state index is 0.00654. The van der Waals surface area contributed by atoms with Crippen molar-refractivity contribution in [1.29, 1.82) is 0 Å². The number of carbonyl (C=O) groups excluding carboxylic acids is 1. The van der Waals surface area contributed by atoms with Crippen LogP contribution in [0.25, 0.3) is 0 Å². The van der Waals surface area contributed by atoms with E-state index in [2.05, 4.69) is 4.98 Å². The lowest BCUT2D eigenvalue weighted by atomic mass is 9.99. The molecule has 4 heterocycles. The lowest BCUT2D eigenvalue weighted by Gasteiger charge is -2.32. The summed E-state index contributed by atoms with van der Waals surface area (Å²) in [5.41, 5.74) is 5.34. The zero-order chi connectivity index (χ0) is 24.6. The molecule has 2 saturated heterocycles. The molecule has 2 aromatic rings. The second kappa shape index (κ2) is 9.44. The fraction of sp³-hybridized carbons (Fsp3) is 0.500. The van der Waals surface area contributed by atoms with Gasteiger partial charge in [-0.25, -0.2) is 4.98 Å². The van der Waals surface area contributed by atoms with Gasteiger partial charge < -0.3 is 29.7 Å².